The highest BCUT2D eigenvalue weighted by molar-refractivity contribution is 6.04. The topological polar surface area (TPSA) is 133 Å². The summed E-state index contributed by atoms with van der Waals surface area (Å²) in [5, 5.41) is 7.87. The molecule has 0 fully saturated rings. The zero-order chi connectivity index (χ0) is 19.8. The molecule has 0 aliphatic heterocycles. The fourth-order valence-electron chi connectivity index (χ4n) is 3.24. The molecule has 0 saturated heterocycles. The molecule has 0 unspecified atom stereocenters. The van der Waals surface area contributed by atoms with Gasteiger partial charge in [0.1, 0.15) is 5.75 Å². The molecule has 2 aromatic carbocycles. The SMILES string of the molecule is COc1ccccc1-c1nc(C(N)=O)c(N)c(-c2c(C)ccc3[nH]ncc23)n1. The number of aromatic amines is 1. The van der Waals surface area contributed by atoms with Gasteiger partial charge in [0, 0.05) is 10.9 Å². The number of primary amides is 1. The molecule has 4 aromatic rings. The van der Waals surface area contributed by atoms with E-state index in [9.17, 15) is 4.79 Å². The van der Waals surface area contributed by atoms with Gasteiger partial charge in [-0.3, -0.25) is 9.89 Å². The molecule has 0 atom stereocenters. The van der Waals surface area contributed by atoms with Gasteiger partial charge in [-0.25, -0.2) is 9.97 Å². The van der Waals surface area contributed by atoms with Crippen molar-refractivity contribution in [2.24, 2.45) is 5.73 Å². The van der Waals surface area contributed by atoms with Crippen molar-refractivity contribution in [2.45, 2.75) is 6.92 Å². The molecule has 8 heteroatoms. The number of H-pyrrole nitrogens is 1. The van der Waals surface area contributed by atoms with Gasteiger partial charge in [-0.2, -0.15) is 5.10 Å². The van der Waals surface area contributed by atoms with Gasteiger partial charge in [0.25, 0.3) is 5.91 Å². The van der Waals surface area contributed by atoms with E-state index in [1.807, 2.05) is 37.3 Å². The molecule has 0 saturated carbocycles. The van der Waals surface area contributed by atoms with E-state index in [2.05, 4.69) is 20.2 Å². The maximum absolute atomic E-state index is 12.0. The number of benzene rings is 2. The number of para-hydroxylation sites is 1. The number of carbonyl (C=O) groups is 1. The zero-order valence-electron chi connectivity index (χ0n) is 15.4. The van der Waals surface area contributed by atoms with E-state index < -0.39 is 5.91 Å². The Bertz CT molecular complexity index is 1210. The largest absolute Gasteiger partial charge is 0.496 e. The number of aryl methyl sites for hydroxylation is 1. The maximum Gasteiger partial charge on any atom is 0.269 e. The number of nitrogens with one attached hydrogen (secondary N) is 1. The summed E-state index contributed by atoms with van der Waals surface area (Å²) in [7, 11) is 1.56. The summed E-state index contributed by atoms with van der Waals surface area (Å²) in [6.07, 6.45) is 1.70. The van der Waals surface area contributed by atoms with Crippen LogP contribution < -0.4 is 16.2 Å². The van der Waals surface area contributed by atoms with Crippen molar-refractivity contribution < 1.29 is 9.53 Å². The van der Waals surface area contributed by atoms with E-state index in [0.717, 1.165) is 22.0 Å². The monoisotopic (exact) mass is 374 g/mol. The van der Waals surface area contributed by atoms with E-state index >= 15 is 0 Å². The Labute approximate surface area is 160 Å². The van der Waals surface area contributed by atoms with Gasteiger partial charge in [-0.1, -0.05) is 18.2 Å². The lowest BCUT2D eigenvalue weighted by molar-refractivity contribution is 0.0996. The van der Waals surface area contributed by atoms with Crippen molar-refractivity contribution in [3.05, 3.63) is 53.9 Å². The molecule has 8 nitrogen and oxygen atoms in total. The average molecular weight is 374 g/mol. The Morgan fingerprint density at radius 1 is 1.14 bits per heavy atom. The Morgan fingerprint density at radius 3 is 2.68 bits per heavy atom. The summed E-state index contributed by atoms with van der Waals surface area (Å²) in [6.45, 7) is 1.94. The first-order valence-electron chi connectivity index (χ1n) is 8.55. The number of methoxy groups -OCH3 is 1. The van der Waals surface area contributed by atoms with Crippen molar-refractivity contribution in [3.8, 4) is 28.4 Å². The lowest BCUT2D eigenvalue weighted by Gasteiger charge is -2.14. The molecule has 0 bridgehead atoms. The van der Waals surface area contributed by atoms with Crippen molar-refractivity contribution >= 4 is 22.5 Å². The Balaban J connectivity index is 2.08. The Hall–Kier alpha value is -3.94. The summed E-state index contributed by atoms with van der Waals surface area (Å²) in [5.74, 6) is 0.150. The van der Waals surface area contributed by atoms with Crippen LogP contribution in [0.5, 0.6) is 5.75 Å². The predicted octanol–water partition coefficient (Wildman–Crippen LogP) is 2.69. The molecule has 4 rings (SSSR count). The summed E-state index contributed by atoms with van der Waals surface area (Å²) < 4.78 is 5.42. The molecule has 0 spiro atoms. The van der Waals surface area contributed by atoms with Crippen molar-refractivity contribution in [2.75, 3.05) is 12.8 Å². The van der Waals surface area contributed by atoms with Gasteiger partial charge in [0.05, 0.1) is 35.8 Å². The molecule has 1 amide bonds. The number of ether oxygens (including phenoxy) is 1. The molecular weight excluding hydrogens is 356 g/mol. The molecular formula is C20H18N6O2. The van der Waals surface area contributed by atoms with Crippen LogP contribution >= 0.6 is 0 Å². The Kier molecular flexibility index (Phi) is 4.15. The van der Waals surface area contributed by atoms with Gasteiger partial charge in [0.2, 0.25) is 0 Å². The number of fused-ring (bicyclic) bond motifs is 1. The first-order chi connectivity index (χ1) is 13.5. The molecule has 5 N–H and O–H groups in total. The second-order valence-electron chi connectivity index (χ2n) is 6.31. The van der Waals surface area contributed by atoms with Crippen LogP contribution in [0, 0.1) is 6.92 Å². The number of nitrogen functional groups attached to an aromatic ring is 1. The van der Waals surface area contributed by atoms with E-state index in [0.29, 0.717) is 22.8 Å². The number of rotatable bonds is 4. The first kappa shape index (κ1) is 17.5. The smallest absolute Gasteiger partial charge is 0.269 e. The van der Waals surface area contributed by atoms with Crippen LogP contribution in [-0.2, 0) is 0 Å². The summed E-state index contributed by atoms with van der Waals surface area (Å²) in [4.78, 5) is 21.1. The normalized spacial score (nSPS) is 10.9. The van der Waals surface area contributed by atoms with Crippen LogP contribution in [-0.4, -0.2) is 33.2 Å². The van der Waals surface area contributed by atoms with Gasteiger partial charge in [0.15, 0.2) is 11.5 Å². The highest BCUT2D eigenvalue weighted by atomic mass is 16.5. The first-order valence-corrected chi connectivity index (χ1v) is 8.55. The Morgan fingerprint density at radius 2 is 1.93 bits per heavy atom. The number of aromatic nitrogens is 4. The third-order valence-electron chi connectivity index (χ3n) is 4.60. The minimum absolute atomic E-state index is 0.0363. The van der Waals surface area contributed by atoms with Crippen LogP contribution in [0.25, 0.3) is 33.5 Å². The number of anilines is 1. The third-order valence-corrected chi connectivity index (χ3v) is 4.60. The van der Waals surface area contributed by atoms with Crippen LogP contribution in [0.15, 0.2) is 42.6 Å². The second-order valence-corrected chi connectivity index (χ2v) is 6.31. The van der Waals surface area contributed by atoms with Crippen LogP contribution in [0.2, 0.25) is 0 Å². The second kappa shape index (κ2) is 6.66. The average Bonchev–Trinajstić information content (AvgIpc) is 3.17. The number of nitrogens with zero attached hydrogens (tertiary/aromatic N) is 3. The zero-order valence-corrected chi connectivity index (χ0v) is 15.4. The van der Waals surface area contributed by atoms with E-state index in [4.69, 9.17) is 16.2 Å². The van der Waals surface area contributed by atoms with E-state index in [1.54, 1.807) is 19.4 Å². The standard InChI is InChI=1S/C20H18N6O2/c1-10-7-8-13-12(9-23-26-13)15(10)17-16(21)18(19(22)27)25-20(24-17)11-5-3-4-6-14(11)28-2/h3-9H,21H2,1-2H3,(H2,22,27)(H,23,26). The molecule has 0 aliphatic rings. The lowest BCUT2D eigenvalue weighted by atomic mass is 9.99. The van der Waals surface area contributed by atoms with Gasteiger partial charge in [-0.15, -0.1) is 0 Å². The van der Waals surface area contributed by atoms with E-state index in [1.165, 1.54) is 0 Å². The van der Waals surface area contributed by atoms with E-state index in [-0.39, 0.29) is 11.4 Å². The van der Waals surface area contributed by atoms with Crippen molar-refractivity contribution in [1.29, 1.82) is 0 Å². The van der Waals surface area contributed by atoms with Crippen LogP contribution in [0.1, 0.15) is 16.1 Å². The quantitative estimate of drug-likeness (QED) is 0.503. The molecule has 0 aliphatic carbocycles. The molecule has 140 valence electrons. The van der Waals surface area contributed by atoms with Crippen molar-refractivity contribution in [1.82, 2.24) is 20.2 Å². The number of nitrogens with two attached hydrogens (primary N) is 2. The number of amides is 1. The molecule has 28 heavy (non-hydrogen) atoms. The predicted molar refractivity (Wildman–Crippen MR) is 107 cm³/mol. The van der Waals surface area contributed by atoms with Gasteiger partial charge in [-0.05, 0) is 30.7 Å². The highest BCUT2D eigenvalue weighted by Crippen LogP contribution is 2.37. The van der Waals surface area contributed by atoms with Crippen LogP contribution in [0.4, 0.5) is 5.69 Å². The molecule has 2 heterocycles. The van der Waals surface area contributed by atoms with Gasteiger partial charge < -0.3 is 16.2 Å². The lowest BCUT2D eigenvalue weighted by Crippen LogP contribution is -2.18. The molecule has 0 radical (unpaired) electrons. The molecule has 2 aromatic heterocycles. The summed E-state index contributed by atoms with van der Waals surface area (Å²) in [5.41, 5.74) is 15.5. The fraction of sp³-hybridized carbons (Fsp3) is 0.100. The number of hydrogen-bond acceptors (Lipinski definition) is 6. The van der Waals surface area contributed by atoms with Gasteiger partial charge >= 0.3 is 0 Å². The minimum atomic E-state index is -0.727. The van der Waals surface area contributed by atoms with Crippen LogP contribution in [0.3, 0.4) is 0 Å². The maximum atomic E-state index is 12.0. The minimum Gasteiger partial charge on any atom is -0.496 e. The number of hydrogen-bond donors (Lipinski definition) is 3. The summed E-state index contributed by atoms with van der Waals surface area (Å²) >= 11 is 0. The fourth-order valence-corrected chi connectivity index (χ4v) is 3.24. The summed E-state index contributed by atoms with van der Waals surface area (Å²) in [6, 6.07) is 11.1. The van der Waals surface area contributed by atoms with Crippen molar-refractivity contribution in [3.63, 3.8) is 0 Å². The third kappa shape index (κ3) is 2.71. The number of carbonyl (C=O) groups excluding carboxylic acids is 1. The highest BCUT2D eigenvalue weighted by Gasteiger charge is 2.22.